The van der Waals surface area contributed by atoms with E-state index in [1.165, 1.54) is 0 Å². The van der Waals surface area contributed by atoms with E-state index in [1.807, 2.05) is 4.90 Å². The van der Waals surface area contributed by atoms with E-state index >= 15 is 0 Å². The molecule has 1 heterocycles. The molecule has 1 saturated heterocycles. The van der Waals surface area contributed by atoms with E-state index in [2.05, 4.69) is 0 Å². The summed E-state index contributed by atoms with van der Waals surface area (Å²) in [6, 6.07) is 0.170. The molecule has 1 aliphatic rings. The minimum atomic E-state index is -1.95. The van der Waals surface area contributed by atoms with Gasteiger partial charge in [0.15, 0.2) is 0 Å². The lowest BCUT2D eigenvalue weighted by molar-refractivity contribution is 0.376. The van der Waals surface area contributed by atoms with Gasteiger partial charge in [-0.25, -0.2) is 0 Å². The molecule has 1 unspecified atom stereocenters. The maximum atomic E-state index is 10.2. The van der Waals surface area contributed by atoms with Gasteiger partial charge < -0.3 is 10.3 Å². The Morgan fingerprint density at radius 1 is 1.80 bits per heavy atom. The normalized spacial score (nSPS) is 30.8. The molecule has 0 aromatic carbocycles. The Morgan fingerprint density at radius 2 is 2.50 bits per heavy atom. The highest BCUT2D eigenvalue weighted by Crippen LogP contribution is 2.05. The summed E-state index contributed by atoms with van der Waals surface area (Å²) in [5, 5.41) is 0. The molecule has 2 atom stereocenters. The molecule has 60 valence electrons. The first kappa shape index (κ1) is 8.13. The van der Waals surface area contributed by atoms with Gasteiger partial charge in [0.2, 0.25) is 0 Å². The lowest BCUT2D eigenvalue weighted by atomic mass is 10.3. The fourth-order valence-electron chi connectivity index (χ4n) is 1.13. The SMILES string of the molecule is N[C@H]1CCN(CS(=O)[O-])C1. The first-order chi connectivity index (χ1) is 4.68. The number of nitrogens with zero attached hydrogens (tertiary/aromatic N) is 1. The van der Waals surface area contributed by atoms with Crippen LogP contribution in [0, 0.1) is 0 Å². The molecule has 0 bridgehead atoms. The van der Waals surface area contributed by atoms with Crippen LogP contribution >= 0.6 is 0 Å². The lowest BCUT2D eigenvalue weighted by Gasteiger charge is -2.15. The Balaban J connectivity index is 2.24. The molecule has 1 rings (SSSR count). The maximum Gasteiger partial charge on any atom is 0.0614 e. The molecule has 1 fully saturated rings. The van der Waals surface area contributed by atoms with E-state index in [-0.39, 0.29) is 11.9 Å². The van der Waals surface area contributed by atoms with Gasteiger partial charge in [0.1, 0.15) is 0 Å². The molecule has 0 aromatic heterocycles. The van der Waals surface area contributed by atoms with Crippen molar-refractivity contribution in [1.82, 2.24) is 4.90 Å². The summed E-state index contributed by atoms with van der Waals surface area (Å²) in [4.78, 5) is 1.84. The molecule has 0 amide bonds. The topological polar surface area (TPSA) is 69.4 Å². The van der Waals surface area contributed by atoms with Crippen molar-refractivity contribution in [3.05, 3.63) is 0 Å². The van der Waals surface area contributed by atoms with Gasteiger partial charge in [-0.3, -0.25) is 9.11 Å². The number of rotatable bonds is 2. The molecule has 1 aliphatic heterocycles. The lowest BCUT2D eigenvalue weighted by Crippen LogP contribution is -2.28. The Bertz CT molecular complexity index is 142. The fourth-order valence-corrected chi connectivity index (χ4v) is 1.66. The summed E-state index contributed by atoms with van der Waals surface area (Å²) in [6.07, 6.45) is 0.914. The van der Waals surface area contributed by atoms with Gasteiger partial charge in [-0.1, -0.05) is 0 Å². The summed E-state index contributed by atoms with van der Waals surface area (Å²) in [5.41, 5.74) is 5.56. The van der Waals surface area contributed by atoms with Gasteiger partial charge >= 0.3 is 0 Å². The zero-order chi connectivity index (χ0) is 7.56. The van der Waals surface area contributed by atoms with Gasteiger partial charge in [0.05, 0.1) is 5.88 Å². The van der Waals surface area contributed by atoms with Crippen LogP contribution < -0.4 is 5.73 Å². The third kappa shape index (κ3) is 2.34. The zero-order valence-corrected chi connectivity index (χ0v) is 6.47. The van der Waals surface area contributed by atoms with Crippen molar-refractivity contribution >= 4 is 11.1 Å². The van der Waals surface area contributed by atoms with Crippen molar-refractivity contribution in [1.29, 1.82) is 0 Å². The summed E-state index contributed by atoms with van der Waals surface area (Å²) in [7, 11) is 0. The van der Waals surface area contributed by atoms with Crippen molar-refractivity contribution in [3.8, 4) is 0 Å². The van der Waals surface area contributed by atoms with Crippen LogP contribution in [0.3, 0.4) is 0 Å². The predicted octanol–water partition coefficient (Wildman–Crippen LogP) is -1.14. The molecule has 0 aromatic rings. The second kappa shape index (κ2) is 3.43. The highest BCUT2D eigenvalue weighted by Gasteiger charge is 2.17. The van der Waals surface area contributed by atoms with Crippen LogP contribution in [-0.2, 0) is 11.1 Å². The molecule has 2 N–H and O–H groups in total. The fraction of sp³-hybridized carbons (Fsp3) is 1.00. The van der Waals surface area contributed by atoms with Gasteiger partial charge in [-0.15, -0.1) is 0 Å². The van der Waals surface area contributed by atoms with Crippen LogP contribution in [0.15, 0.2) is 0 Å². The summed E-state index contributed by atoms with van der Waals surface area (Å²) < 4.78 is 20.4. The Hall–Kier alpha value is 0.0300. The summed E-state index contributed by atoms with van der Waals surface area (Å²) >= 11 is -1.95. The largest absolute Gasteiger partial charge is 0.771 e. The van der Waals surface area contributed by atoms with E-state index in [0.717, 1.165) is 13.0 Å². The molecule has 4 nitrogen and oxygen atoms in total. The summed E-state index contributed by atoms with van der Waals surface area (Å²) in [6.45, 7) is 1.53. The smallest absolute Gasteiger partial charge is 0.0614 e. The quantitative estimate of drug-likeness (QED) is 0.522. The van der Waals surface area contributed by atoms with Crippen molar-refractivity contribution in [2.75, 3.05) is 19.0 Å². The maximum absolute atomic E-state index is 10.2. The second-order valence-corrected chi connectivity index (χ2v) is 3.42. The second-order valence-electron chi connectivity index (χ2n) is 2.56. The molecule has 0 spiro atoms. The number of hydrogen-bond donors (Lipinski definition) is 1. The van der Waals surface area contributed by atoms with Crippen LogP contribution in [0.5, 0.6) is 0 Å². The highest BCUT2D eigenvalue weighted by molar-refractivity contribution is 7.79. The van der Waals surface area contributed by atoms with Crippen molar-refractivity contribution in [2.45, 2.75) is 12.5 Å². The number of likely N-dealkylation sites (tertiary alicyclic amines) is 1. The number of hydrogen-bond acceptors (Lipinski definition) is 4. The first-order valence-corrected chi connectivity index (χ1v) is 4.46. The highest BCUT2D eigenvalue weighted by atomic mass is 32.2. The van der Waals surface area contributed by atoms with Gasteiger partial charge in [-0.05, 0) is 17.5 Å². The monoisotopic (exact) mass is 163 g/mol. The van der Waals surface area contributed by atoms with Crippen LogP contribution in [0.2, 0.25) is 0 Å². The Labute approximate surface area is 62.7 Å². The first-order valence-electron chi connectivity index (χ1n) is 3.22. The van der Waals surface area contributed by atoms with Crippen molar-refractivity contribution in [3.63, 3.8) is 0 Å². The molecular weight excluding hydrogens is 152 g/mol. The third-order valence-electron chi connectivity index (χ3n) is 1.60. The van der Waals surface area contributed by atoms with E-state index in [0.29, 0.717) is 6.54 Å². The summed E-state index contributed by atoms with van der Waals surface area (Å²) in [5.74, 6) is 0.133. The standard InChI is InChI=1S/C5H12N2O2S/c6-5-1-2-7(3-5)4-10(8)9/h5H,1-4,6H2,(H,8,9)/p-1/t5-/m0/s1. The predicted molar refractivity (Wildman–Crippen MR) is 38.0 cm³/mol. The molecule has 10 heavy (non-hydrogen) atoms. The van der Waals surface area contributed by atoms with Crippen LogP contribution in [0.25, 0.3) is 0 Å². The molecule has 0 aliphatic carbocycles. The third-order valence-corrected chi connectivity index (χ3v) is 2.17. The average molecular weight is 163 g/mol. The van der Waals surface area contributed by atoms with Crippen LogP contribution in [0.1, 0.15) is 6.42 Å². The number of nitrogens with two attached hydrogens (primary N) is 1. The minimum absolute atomic E-state index is 0.133. The Kier molecular flexibility index (Phi) is 2.79. The van der Waals surface area contributed by atoms with E-state index in [4.69, 9.17) is 5.73 Å². The zero-order valence-electron chi connectivity index (χ0n) is 5.66. The molecule has 0 radical (unpaired) electrons. The van der Waals surface area contributed by atoms with Crippen LogP contribution in [0.4, 0.5) is 0 Å². The molecule has 0 saturated carbocycles. The Morgan fingerprint density at radius 3 is 2.90 bits per heavy atom. The van der Waals surface area contributed by atoms with E-state index < -0.39 is 11.1 Å². The van der Waals surface area contributed by atoms with Gasteiger partial charge in [-0.2, -0.15) is 0 Å². The molecular formula is C5H11N2O2S-. The molecule has 5 heteroatoms. The van der Waals surface area contributed by atoms with E-state index in [1.54, 1.807) is 0 Å². The van der Waals surface area contributed by atoms with Gasteiger partial charge in [0.25, 0.3) is 0 Å². The van der Waals surface area contributed by atoms with Crippen molar-refractivity contribution in [2.24, 2.45) is 5.73 Å². The van der Waals surface area contributed by atoms with E-state index in [9.17, 15) is 8.76 Å². The van der Waals surface area contributed by atoms with Gasteiger partial charge in [0, 0.05) is 19.1 Å². The van der Waals surface area contributed by atoms with Crippen molar-refractivity contribution < 1.29 is 8.76 Å². The minimum Gasteiger partial charge on any atom is -0.771 e. The van der Waals surface area contributed by atoms with Crippen LogP contribution in [-0.4, -0.2) is 38.7 Å². The average Bonchev–Trinajstić information content (AvgIpc) is 2.13.